The maximum Gasteiger partial charge on any atom is 0.145 e. The predicted molar refractivity (Wildman–Crippen MR) is 123 cm³/mol. The molecule has 0 amide bonds. The van der Waals surface area contributed by atoms with Gasteiger partial charge in [0.25, 0.3) is 0 Å². The molecule has 0 bridgehead atoms. The first-order valence-corrected chi connectivity index (χ1v) is 10.1. The fraction of sp³-hybridized carbons (Fsp3) is 0. The minimum Gasteiger partial charge on any atom is -0.455 e. The first kappa shape index (κ1) is 16.9. The Kier molecular flexibility index (Phi) is 3.82. The van der Waals surface area contributed by atoms with Crippen molar-refractivity contribution in [2.75, 3.05) is 0 Å². The van der Waals surface area contributed by atoms with Crippen LogP contribution in [0.5, 0.6) is 0 Å². The summed E-state index contributed by atoms with van der Waals surface area (Å²) < 4.78 is 8.83. The van der Waals surface area contributed by atoms with Crippen LogP contribution in [0.15, 0.2) is 120 Å². The van der Waals surface area contributed by atoms with Crippen LogP contribution >= 0.6 is 0 Å². The molecule has 0 fully saturated rings. The van der Waals surface area contributed by atoms with Gasteiger partial charge in [0.2, 0.25) is 0 Å². The van der Waals surface area contributed by atoms with Crippen LogP contribution in [0.4, 0.5) is 0 Å². The lowest BCUT2D eigenvalue weighted by Gasteiger charge is -2.04. The van der Waals surface area contributed by atoms with Crippen LogP contribution in [0.1, 0.15) is 0 Å². The number of aromatic nitrogens is 1. The van der Waals surface area contributed by atoms with Gasteiger partial charge in [-0.05, 0) is 17.7 Å². The summed E-state index contributed by atoms with van der Waals surface area (Å²) in [6, 6.07) is 35.6. The standard InChI is InChI=1S/C28H19NO/c1-3-11-20(12-4-1)24-19-29-18-10-9-17-25(29)26(24)28-23-16-8-7-15-22(23)27(30-28)21-13-5-2-6-14-21/h1-19H. The molecule has 2 nitrogen and oxygen atoms in total. The third-order valence-corrected chi connectivity index (χ3v) is 5.65. The van der Waals surface area contributed by atoms with E-state index < -0.39 is 0 Å². The van der Waals surface area contributed by atoms with Crippen molar-refractivity contribution in [2.24, 2.45) is 0 Å². The van der Waals surface area contributed by atoms with E-state index >= 15 is 0 Å². The third-order valence-electron chi connectivity index (χ3n) is 5.65. The molecule has 3 heterocycles. The first-order valence-electron chi connectivity index (χ1n) is 10.1. The highest BCUT2D eigenvalue weighted by atomic mass is 16.3. The van der Waals surface area contributed by atoms with E-state index in [0.717, 1.165) is 38.9 Å². The summed E-state index contributed by atoms with van der Waals surface area (Å²) in [5.41, 5.74) is 5.69. The number of hydrogen-bond acceptors (Lipinski definition) is 1. The molecule has 0 atom stereocenters. The zero-order valence-corrected chi connectivity index (χ0v) is 16.3. The Balaban J connectivity index is 1.72. The van der Waals surface area contributed by atoms with Crippen LogP contribution in [-0.4, -0.2) is 4.40 Å². The summed E-state index contributed by atoms with van der Waals surface area (Å²) in [5.74, 6) is 1.83. The summed E-state index contributed by atoms with van der Waals surface area (Å²) in [5, 5.41) is 2.26. The summed E-state index contributed by atoms with van der Waals surface area (Å²) in [6.07, 6.45) is 4.29. The lowest BCUT2D eigenvalue weighted by molar-refractivity contribution is 0.603. The predicted octanol–water partition coefficient (Wildman–Crippen LogP) is 7.69. The summed E-state index contributed by atoms with van der Waals surface area (Å²) in [4.78, 5) is 0. The van der Waals surface area contributed by atoms with Crippen LogP contribution in [0.3, 0.4) is 0 Å². The van der Waals surface area contributed by atoms with Crippen molar-refractivity contribution in [3.05, 3.63) is 116 Å². The quantitative estimate of drug-likeness (QED) is 0.305. The van der Waals surface area contributed by atoms with Crippen molar-refractivity contribution in [1.29, 1.82) is 0 Å². The summed E-state index contributed by atoms with van der Waals surface area (Å²) >= 11 is 0. The largest absolute Gasteiger partial charge is 0.455 e. The van der Waals surface area contributed by atoms with E-state index in [0.29, 0.717) is 0 Å². The maximum atomic E-state index is 6.65. The lowest BCUT2D eigenvalue weighted by atomic mass is 9.99. The second kappa shape index (κ2) is 6.78. The average Bonchev–Trinajstić information content (AvgIpc) is 3.39. The van der Waals surface area contributed by atoms with E-state index in [4.69, 9.17) is 4.42 Å². The molecule has 0 saturated carbocycles. The van der Waals surface area contributed by atoms with Crippen LogP contribution in [0.2, 0.25) is 0 Å². The fourth-order valence-electron chi connectivity index (χ4n) is 4.28. The number of pyridine rings is 1. The Morgan fingerprint density at radius 3 is 1.87 bits per heavy atom. The van der Waals surface area contributed by atoms with Crippen molar-refractivity contribution >= 4 is 16.3 Å². The number of fused-ring (bicyclic) bond motifs is 2. The maximum absolute atomic E-state index is 6.65. The molecule has 142 valence electrons. The normalized spacial score (nSPS) is 11.3. The molecule has 6 rings (SSSR count). The number of furan rings is 1. The van der Waals surface area contributed by atoms with Gasteiger partial charge < -0.3 is 8.82 Å². The van der Waals surface area contributed by atoms with Gasteiger partial charge in [-0.15, -0.1) is 0 Å². The van der Waals surface area contributed by atoms with E-state index in [1.807, 2.05) is 6.07 Å². The van der Waals surface area contributed by atoms with Gasteiger partial charge in [0.05, 0.1) is 11.1 Å². The molecule has 0 unspecified atom stereocenters. The van der Waals surface area contributed by atoms with Gasteiger partial charge in [0.1, 0.15) is 11.5 Å². The van der Waals surface area contributed by atoms with Crippen molar-refractivity contribution < 1.29 is 4.42 Å². The van der Waals surface area contributed by atoms with Gasteiger partial charge in [0, 0.05) is 34.3 Å². The zero-order chi connectivity index (χ0) is 19.9. The van der Waals surface area contributed by atoms with E-state index in [-0.39, 0.29) is 0 Å². The van der Waals surface area contributed by atoms with Crippen LogP contribution in [-0.2, 0) is 0 Å². The number of nitrogens with zero attached hydrogens (tertiary/aromatic N) is 1. The monoisotopic (exact) mass is 385 g/mol. The number of hydrogen-bond donors (Lipinski definition) is 0. The topological polar surface area (TPSA) is 17.6 Å². The number of rotatable bonds is 3. The minimum atomic E-state index is 0.912. The molecule has 0 N–H and O–H groups in total. The molecule has 3 aromatic carbocycles. The molecule has 0 aliphatic heterocycles. The van der Waals surface area contributed by atoms with Gasteiger partial charge in [-0.25, -0.2) is 0 Å². The molecule has 0 saturated heterocycles. The minimum absolute atomic E-state index is 0.912. The van der Waals surface area contributed by atoms with Gasteiger partial charge in [0.15, 0.2) is 0 Å². The van der Waals surface area contributed by atoms with Crippen molar-refractivity contribution in [3.63, 3.8) is 0 Å². The Hall–Kier alpha value is -4.04. The Bertz CT molecular complexity index is 1470. The van der Waals surface area contributed by atoms with E-state index in [2.05, 4.69) is 114 Å². The van der Waals surface area contributed by atoms with Crippen molar-refractivity contribution in [2.45, 2.75) is 0 Å². The van der Waals surface area contributed by atoms with Gasteiger partial charge >= 0.3 is 0 Å². The van der Waals surface area contributed by atoms with Gasteiger partial charge in [-0.1, -0.05) is 91.0 Å². The highest BCUT2D eigenvalue weighted by molar-refractivity contribution is 6.08. The first-order chi connectivity index (χ1) is 14.9. The highest BCUT2D eigenvalue weighted by Gasteiger charge is 2.22. The molecule has 2 heteroatoms. The molecular formula is C28H19NO. The van der Waals surface area contributed by atoms with Gasteiger partial charge in [-0.3, -0.25) is 0 Å². The fourth-order valence-corrected chi connectivity index (χ4v) is 4.28. The Labute approximate surface area is 174 Å². The second-order valence-electron chi connectivity index (χ2n) is 7.45. The third kappa shape index (κ3) is 2.58. The molecular weight excluding hydrogens is 366 g/mol. The van der Waals surface area contributed by atoms with Crippen molar-refractivity contribution in [3.8, 4) is 33.8 Å². The number of benzene rings is 3. The van der Waals surface area contributed by atoms with E-state index in [1.54, 1.807) is 0 Å². The van der Waals surface area contributed by atoms with Crippen LogP contribution in [0, 0.1) is 0 Å². The summed E-state index contributed by atoms with van der Waals surface area (Å²) in [6.45, 7) is 0. The zero-order valence-electron chi connectivity index (χ0n) is 16.3. The molecule has 3 aromatic heterocycles. The van der Waals surface area contributed by atoms with Gasteiger partial charge in [-0.2, -0.15) is 0 Å². The van der Waals surface area contributed by atoms with E-state index in [9.17, 15) is 0 Å². The molecule has 0 spiro atoms. The second-order valence-corrected chi connectivity index (χ2v) is 7.45. The van der Waals surface area contributed by atoms with Crippen LogP contribution < -0.4 is 0 Å². The highest BCUT2D eigenvalue weighted by Crippen LogP contribution is 2.44. The van der Waals surface area contributed by atoms with Crippen LogP contribution in [0.25, 0.3) is 50.1 Å². The van der Waals surface area contributed by atoms with E-state index in [1.165, 1.54) is 11.1 Å². The SMILES string of the molecule is c1ccc(-c2cn3ccccc3c2-c2oc(-c3ccccc3)c3ccccc23)cc1. The summed E-state index contributed by atoms with van der Waals surface area (Å²) in [7, 11) is 0. The molecule has 0 aliphatic carbocycles. The smallest absolute Gasteiger partial charge is 0.145 e. The Morgan fingerprint density at radius 1 is 0.533 bits per heavy atom. The van der Waals surface area contributed by atoms with Crippen molar-refractivity contribution in [1.82, 2.24) is 4.40 Å². The molecule has 0 radical (unpaired) electrons. The lowest BCUT2D eigenvalue weighted by Crippen LogP contribution is -1.81. The molecule has 30 heavy (non-hydrogen) atoms. The molecule has 0 aliphatic rings. The Morgan fingerprint density at radius 2 is 1.13 bits per heavy atom. The molecule has 6 aromatic rings. The average molecular weight is 385 g/mol.